The molecule has 2 aromatic carbocycles. The normalized spacial score (nSPS) is 10.6. The fraction of sp³-hybridized carbons (Fsp3) is 0.136. The number of anilines is 4. The molecule has 9 heteroatoms. The Balaban J connectivity index is 1.58. The maximum atomic E-state index is 12.9. The monoisotopic (exact) mass is 449 g/mol. The number of fused-ring (bicyclic) bond motifs is 1. The number of nitrogens with two attached hydrogens (primary N) is 1. The van der Waals surface area contributed by atoms with E-state index in [4.69, 9.17) is 10.5 Å². The quantitative estimate of drug-likeness (QED) is 0.357. The molecule has 0 fully saturated rings. The number of aryl methyl sites for hydroxylation is 1. The van der Waals surface area contributed by atoms with Crippen molar-refractivity contribution in [1.29, 1.82) is 5.26 Å². The minimum Gasteiger partial charge on any atom is -0.494 e. The van der Waals surface area contributed by atoms with E-state index in [0.29, 0.717) is 16.7 Å². The van der Waals surface area contributed by atoms with Gasteiger partial charge in [0.2, 0.25) is 0 Å². The number of hydrogen-bond acceptors (Lipinski definition) is 8. The first kappa shape index (κ1) is 20.7. The summed E-state index contributed by atoms with van der Waals surface area (Å²) in [6.07, 6.45) is 0. The molecule has 0 bridgehead atoms. The van der Waals surface area contributed by atoms with Crippen molar-refractivity contribution in [3.63, 3.8) is 0 Å². The van der Waals surface area contributed by atoms with Crippen LogP contribution in [0.3, 0.4) is 0 Å². The van der Waals surface area contributed by atoms with Crippen molar-refractivity contribution in [2.45, 2.75) is 13.8 Å². The van der Waals surface area contributed by atoms with E-state index in [1.54, 1.807) is 0 Å². The topological polar surface area (TPSA) is 113 Å². The number of ether oxygens (including phenoxy) is 1. The predicted octanol–water partition coefficient (Wildman–Crippen LogP) is 5.51. The Bertz CT molecular complexity index is 1300. The number of rotatable bonds is 6. The second-order valence-electron chi connectivity index (χ2n) is 6.69. The van der Waals surface area contributed by atoms with Gasteiger partial charge < -0.3 is 15.8 Å². The van der Waals surface area contributed by atoms with Crippen LogP contribution in [0.4, 0.5) is 21.5 Å². The van der Waals surface area contributed by atoms with Gasteiger partial charge in [0.15, 0.2) is 5.13 Å². The summed E-state index contributed by atoms with van der Waals surface area (Å²) in [5.74, 6) is 0.351. The molecule has 2 aromatic heterocycles. The van der Waals surface area contributed by atoms with Crippen molar-refractivity contribution in [2.24, 2.45) is 0 Å². The molecule has 156 valence electrons. The van der Waals surface area contributed by atoms with E-state index in [1.165, 1.54) is 11.3 Å². The molecule has 0 aliphatic carbocycles. The highest BCUT2D eigenvalue weighted by Crippen LogP contribution is 2.38. The molecule has 0 aliphatic rings. The Hall–Kier alpha value is -3.61. The lowest BCUT2D eigenvalue weighted by Crippen LogP contribution is -2.11. The number of nitrogens with zero attached hydrogens (tertiary/aromatic N) is 2. The molecule has 0 unspecified atom stereocenters. The van der Waals surface area contributed by atoms with Gasteiger partial charge in [-0.15, -0.1) is 11.3 Å². The maximum absolute atomic E-state index is 12.9. The van der Waals surface area contributed by atoms with Crippen molar-refractivity contribution in [3.05, 3.63) is 58.5 Å². The van der Waals surface area contributed by atoms with E-state index >= 15 is 0 Å². The van der Waals surface area contributed by atoms with Gasteiger partial charge in [0.25, 0.3) is 5.91 Å². The maximum Gasteiger partial charge on any atom is 0.269 e. The summed E-state index contributed by atoms with van der Waals surface area (Å²) in [4.78, 5) is 17.6. The number of nitriles is 1. The molecule has 0 saturated carbocycles. The van der Waals surface area contributed by atoms with E-state index in [2.05, 4.69) is 21.7 Å². The first-order valence-corrected chi connectivity index (χ1v) is 11.1. The molecule has 4 aromatic rings. The molecule has 0 spiro atoms. The van der Waals surface area contributed by atoms with Gasteiger partial charge in [0, 0.05) is 5.69 Å². The highest BCUT2D eigenvalue weighted by molar-refractivity contribution is 7.22. The van der Waals surface area contributed by atoms with Crippen LogP contribution >= 0.6 is 22.7 Å². The number of nitrogens with one attached hydrogen (secondary N) is 2. The van der Waals surface area contributed by atoms with E-state index < -0.39 is 5.91 Å². The van der Waals surface area contributed by atoms with Crippen LogP contribution in [0.25, 0.3) is 10.2 Å². The summed E-state index contributed by atoms with van der Waals surface area (Å²) in [6, 6.07) is 15.4. The summed E-state index contributed by atoms with van der Waals surface area (Å²) < 4.78 is 6.41. The first-order valence-electron chi connectivity index (χ1n) is 9.49. The van der Waals surface area contributed by atoms with Crippen molar-refractivity contribution in [2.75, 3.05) is 23.0 Å². The zero-order valence-corrected chi connectivity index (χ0v) is 18.5. The zero-order valence-electron chi connectivity index (χ0n) is 16.9. The largest absolute Gasteiger partial charge is 0.494 e. The lowest BCUT2D eigenvalue weighted by molar-refractivity contribution is 0.103. The predicted molar refractivity (Wildman–Crippen MR) is 127 cm³/mol. The van der Waals surface area contributed by atoms with E-state index in [9.17, 15) is 10.1 Å². The molecule has 4 N–H and O–H groups in total. The van der Waals surface area contributed by atoms with Crippen LogP contribution in [-0.4, -0.2) is 17.5 Å². The Morgan fingerprint density at radius 2 is 2.00 bits per heavy atom. The fourth-order valence-corrected chi connectivity index (χ4v) is 4.82. The highest BCUT2D eigenvalue weighted by Gasteiger charge is 2.22. The molecule has 7 nitrogen and oxygen atoms in total. The van der Waals surface area contributed by atoms with Crippen molar-refractivity contribution >= 4 is 60.3 Å². The van der Waals surface area contributed by atoms with Gasteiger partial charge in [-0.25, -0.2) is 4.98 Å². The Labute approximate surface area is 187 Å². The number of hydrogen-bond donors (Lipinski definition) is 3. The lowest BCUT2D eigenvalue weighted by atomic mass is 10.2. The average Bonchev–Trinajstić information content (AvgIpc) is 3.29. The van der Waals surface area contributed by atoms with Gasteiger partial charge in [-0.2, -0.15) is 5.26 Å². The molecule has 0 radical (unpaired) electrons. The van der Waals surface area contributed by atoms with Gasteiger partial charge in [0.05, 0.1) is 22.5 Å². The van der Waals surface area contributed by atoms with E-state index in [-0.39, 0.29) is 16.1 Å². The third kappa shape index (κ3) is 4.30. The number of carbonyl (C=O) groups is 1. The molecule has 31 heavy (non-hydrogen) atoms. The molecular weight excluding hydrogens is 430 g/mol. The van der Waals surface area contributed by atoms with Crippen LogP contribution in [0.1, 0.15) is 27.7 Å². The van der Waals surface area contributed by atoms with Crippen LogP contribution < -0.4 is 21.1 Å². The standard InChI is InChI=1S/C22H19N5O2S2/c1-3-29-14-8-9-16-17(10-14)30-22(26-16)27-20(28)19-18(24)15(11-23)21(31-19)25-13-6-4-12(2)5-7-13/h4-10,25H,3,24H2,1-2H3,(H,26,27,28). The van der Waals surface area contributed by atoms with E-state index in [0.717, 1.165) is 38.6 Å². The highest BCUT2D eigenvalue weighted by atomic mass is 32.1. The third-order valence-electron chi connectivity index (χ3n) is 4.46. The molecule has 0 atom stereocenters. The second kappa shape index (κ2) is 8.63. The van der Waals surface area contributed by atoms with Gasteiger partial charge in [-0.1, -0.05) is 29.0 Å². The first-order chi connectivity index (χ1) is 15.0. The number of nitrogen functional groups attached to an aromatic ring is 1. The number of aromatic nitrogens is 1. The van der Waals surface area contributed by atoms with Gasteiger partial charge in [0.1, 0.15) is 27.3 Å². The van der Waals surface area contributed by atoms with Crippen LogP contribution in [0.2, 0.25) is 0 Å². The summed E-state index contributed by atoms with van der Waals surface area (Å²) in [7, 11) is 0. The van der Waals surface area contributed by atoms with Crippen molar-refractivity contribution < 1.29 is 9.53 Å². The summed E-state index contributed by atoms with van der Waals surface area (Å²) >= 11 is 2.49. The smallest absolute Gasteiger partial charge is 0.269 e. The number of thiophene rings is 1. The molecule has 1 amide bonds. The molecular formula is C22H19N5O2S2. The summed E-state index contributed by atoms with van der Waals surface area (Å²) in [5.41, 5.74) is 9.24. The average molecular weight is 450 g/mol. The van der Waals surface area contributed by atoms with Crippen molar-refractivity contribution in [1.82, 2.24) is 4.98 Å². The lowest BCUT2D eigenvalue weighted by Gasteiger charge is -2.04. The minimum absolute atomic E-state index is 0.152. The second-order valence-corrected chi connectivity index (χ2v) is 8.74. The summed E-state index contributed by atoms with van der Waals surface area (Å²) in [6.45, 7) is 4.49. The van der Waals surface area contributed by atoms with Crippen LogP contribution in [0, 0.1) is 18.3 Å². The third-order valence-corrected chi connectivity index (χ3v) is 6.52. The SMILES string of the molecule is CCOc1ccc2nc(NC(=O)c3sc(Nc4ccc(C)cc4)c(C#N)c3N)sc2c1. The fourth-order valence-electron chi connectivity index (χ4n) is 2.95. The van der Waals surface area contributed by atoms with Crippen LogP contribution in [0.15, 0.2) is 42.5 Å². The molecule has 0 saturated heterocycles. The molecule has 2 heterocycles. The Morgan fingerprint density at radius 3 is 2.71 bits per heavy atom. The van der Waals surface area contributed by atoms with Gasteiger partial charge >= 0.3 is 0 Å². The zero-order chi connectivity index (χ0) is 22.0. The van der Waals surface area contributed by atoms with Gasteiger partial charge in [-0.3, -0.25) is 10.1 Å². The Morgan fingerprint density at radius 1 is 1.23 bits per heavy atom. The Kier molecular flexibility index (Phi) is 5.75. The molecule has 0 aliphatic heterocycles. The van der Waals surface area contributed by atoms with Crippen LogP contribution in [0.5, 0.6) is 5.75 Å². The van der Waals surface area contributed by atoms with E-state index in [1.807, 2.05) is 56.3 Å². The minimum atomic E-state index is -0.403. The number of thiazole rings is 1. The van der Waals surface area contributed by atoms with Gasteiger partial charge in [-0.05, 0) is 44.2 Å². The van der Waals surface area contributed by atoms with Crippen molar-refractivity contribution in [3.8, 4) is 11.8 Å². The summed E-state index contributed by atoms with van der Waals surface area (Å²) in [5, 5.41) is 16.5. The number of benzene rings is 2. The van der Waals surface area contributed by atoms with Crippen LogP contribution in [-0.2, 0) is 0 Å². The number of carbonyl (C=O) groups excluding carboxylic acids is 1. The number of amides is 1. The molecule has 4 rings (SSSR count).